The summed E-state index contributed by atoms with van der Waals surface area (Å²) in [7, 11) is 1.92. The molecule has 0 bridgehead atoms. The maximum Gasteiger partial charge on any atom is 0.323 e. The Balaban J connectivity index is 1.99. The largest absolute Gasteiger partial charge is 0.461 e. The van der Waals surface area contributed by atoms with Crippen LogP contribution in [0.2, 0.25) is 5.15 Å². The van der Waals surface area contributed by atoms with E-state index >= 15 is 0 Å². The van der Waals surface area contributed by atoms with Crippen LogP contribution in [-0.4, -0.2) is 35.0 Å². The number of ether oxygens (including phenoxy) is 1. The molecule has 0 aliphatic carbocycles. The predicted molar refractivity (Wildman–Crippen MR) is 64.7 cm³/mol. The monoisotopic (exact) mass is 254 g/mol. The zero-order valence-corrected chi connectivity index (χ0v) is 10.6. The van der Waals surface area contributed by atoms with Gasteiger partial charge in [0, 0.05) is 19.2 Å². The van der Waals surface area contributed by atoms with Crippen molar-refractivity contribution < 1.29 is 9.53 Å². The number of cyclic esters (lactones) is 1. The van der Waals surface area contributed by atoms with Gasteiger partial charge in [-0.2, -0.15) is 0 Å². The minimum absolute atomic E-state index is 0.0123. The van der Waals surface area contributed by atoms with Gasteiger partial charge >= 0.3 is 5.97 Å². The number of pyridine rings is 1. The van der Waals surface area contributed by atoms with Crippen LogP contribution in [0.1, 0.15) is 18.9 Å². The molecule has 1 saturated heterocycles. The van der Waals surface area contributed by atoms with Crippen LogP contribution in [0.4, 0.5) is 0 Å². The third-order valence-electron chi connectivity index (χ3n) is 2.90. The van der Waals surface area contributed by atoms with Crippen LogP contribution in [0.5, 0.6) is 0 Å². The molecule has 1 aromatic heterocycles. The van der Waals surface area contributed by atoms with E-state index in [1.165, 1.54) is 0 Å². The smallest absolute Gasteiger partial charge is 0.323 e. The van der Waals surface area contributed by atoms with E-state index in [0.717, 1.165) is 12.0 Å². The van der Waals surface area contributed by atoms with Crippen LogP contribution in [0, 0.1) is 0 Å². The van der Waals surface area contributed by atoms with Gasteiger partial charge in [-0.15, -0.1) is 0 Å². The Hall–Kier alpha value is -1.13. The summed E-state index contributed by atoms with van der Waals surface area (Å²) < 4.78 is 5.13. The topological polar surface area (TPSA) is 42.4 Å². The van der Waals surface area contributed by atoms with Gasteiger partial charge in [-0.3, -0.25) is 9.69 Å². The molecule has 0 saturated carbocycles. The second-order valence-electron chi connectivity index (χ2n) is 4.40. The van der Waals surface area contributed by atoms with Crippen molar-refractivity contribution in [3.63, 3.8) is 0 Å². The molecular formula is C12H15ClN2O2. The van der Waals surface area contributed by atoms with E-state index in [1.54, 1.807) is 12.3 Å². The van der Waals surface area contributed by atoms with Crippen LogP contribution < -0.4 is 0 Å². The number of carbonyl (C=O) groups is 1. The van der Waals surface area contributed by atoms with Crippen LogP contribution in [-0.2, 0) is 16.1 Å². The van der Waals surface area contributed by atoms with E-state index in [-0.39, 0.29) is 18.1 Å². The predicted octanol–water partition coefficient (Wildman–Crippen LogP) is 1.87. The first kappa shape index (κ1) is 12.3. The van der Waals surface area contributed by atoms with Crippen molar-refractivity contribution in [1.82, 2.24) is 9.88 Å². The Labute approximate surface area is 106 Å². The number of hydrogen-bond acceptors (Lipinski definition) is 4. The number of carbonyl (C=O) groups excluding carboxylic acids is 1. The SMILES string of the molecule is C[C@@H]1C[C@@H](N(C)Cc2ccc(Cl)nc2)C(=O)O1. The van der Waals surface area contributed by atoms with E-state index in [9.17, 15) is 4.79 Å². The molecule has 1 aliphatic rings. The highest BCUT2D eigenvalue weighted by Gasteiger charge is 2.34. The maximum atomic E-state index is 11.6. The molecule has 2 atom stereocenters. The first-order chi connectivity index (χ1) is 8.06. The molecule has 5 heteroatoms. The Morgan fingerprint density at radius 1 is 1.59 bits per heavy atom. The molecule has 0 unspecified atom stereocenters. The number of aromatic nitrogens is 1. The Morgan fingerprint density at radius 2 is 2.35 bits per heavy atom. The molecule has 0 spiro atoms. The third kappa shape index (κ3) is 2.96. The lowest BCUT2D eigenvalue weighted by molar-refractivity contribution is -0.144. The van der Waals surface area contributed by atoms with E-state index in [1.807, 2.05) is 24.9 Å². The highest BCUT2D eigenvalue weighted by Crippen LogP contribution is 2.20. The van der Waals surface area contributed by atoms with Gasteiger partial charge in [-0.05, 0) is 25.6 Å². The number of likely N-dealkylation sites (N-methyl/N-ethyl adjacent to an activating group) is 1. The van der Waals surface area contributed by atoms with Crippen molar-refractivity contribution >= 4 is 17.6 Å². The maximum absolute atomic E-state index is 11.6. The average Bonchev–Trinajstić information content (AvgIpc) is 2.61. The quantitative estimate of drug-likeness (QED) is 0.610. The molecule has 17 heavy (non-hydrogen) atoms. The van der Waals surface area contributed by atoms with Gasteiger partial charge < -0.3 is 4.74 Å². The second-order valence-corrected chi connectivity index (χ2v) is 4.79. The van der Waals surface area contributed by atoms with E-state index in [0.29, 0.717) is 11.7 Å². The van der Waals surface area contributed by atoms with Crippen molar-refractivity contribution in [3.05, 3.63) is 29.0 Å². The summed E-state index contributed by atoms with van der Waals surface area (Å²) in [4.78, 5) is 17.6. The molecule has 2 heterocycles. The van der Waals surface area contributed by atoms with E-state index < -0.39 is 0 Å². The summed E-state index contributed by atoms with van der Waals surface area (Å²) in [6.07, 6.45) is 2.48. The van der Waals surface area contributed by atoms with Gasteiger partial charge in [-0.25, -0.2) is 4.98 Å². The van der Waals surface area contributed by atoms with Crippen LogP contribution in [0.3, 0.4) is 0 Å². The van der Waals surface area contributed by atoms with Crippen molar-refractivity contribution in [3.8, 4) is 0 Å². The minimum atomic E-state index is -0.152. The van der Waals surface area contributed by atoms with Gasteiger partial charge in [0.25, 0.3) is 0 Å². The summed E-state index contributed by atoms with van der Waals surface area (Å²) in [6.45, 7) is 2.58. The first-order valence-corrected chi connectivity index (χ1v) is 5.95. The Bertz CT molecular complexity index is 407. The van der Waals surface area contributed by atoms with Crippen LogP contribution in [0.25, 0.3) is 0 Å². The van der Waals surface area contributed by atoms with Gasteiger partial charge in [-0.1, -0.05) is 17.7 Å². The molecule has 1 fully saturated rings. The Morgan fingerprint density at radius 3 is 2.88 bits per heavy atom. The van der Waals surface area contributed by atoms with Gasteiger partial charge in [0.2, 0.25) is 0 Å². The minimum Gasteiger partial charge on any atom is -0.461 e. The number of halogens is 1. The number of nitrogens with zero attached hydrogens (tertiary/aromatic N) is 2. The van der Waals surface area contributed by atoms with Crippen molar-refractivity contribution in [1.29, 1.82) is 0 Å². The summed E-state index contributed by atoms with van der Waals surface area (Å²) in [5.41, 5.74) is 1.03. The summed E-state index contributed by atoms with van der Waals surface area (Å²) in [6, 6.07) is 3.51. The van der Waals surface area contributed by atoms with Gasteiger partial charge in [0.15, 0.2) is 0 Å². The summed E-state index contributed by atoms with van der Waals surface area (Å²) in [5, 5.41) is 0.477. The van der Waals surface area contributed by atoms with Gasteiger partial charge in [0.1, 0.15) is 17.3 Å². The molecule has 2 rings (SSSR count). The average molecular weight is 255 g/mol. The fourth-order valence-electron chi connectivity index (χ4n) is 1.99. The van der Waals surface area contributed by atoms with Gasteiger partial charge in [0.05, 0.1) is 0 Å². The molecule has 1 aliphatic heterocycles. The third-order valence-corrected chi connectivity index (χ3v) is 3.12. The molecule has 4 nitrogen and oxygen atoms in total. The molecule has 0 amide bonds. The van der Waals surface area contributed by atoms with Crippen molar-refractivity contribution in [2.24, 2.45) is 0 Å². The fourth-order valence-corrected chi connectivity index (χ4v) is 2.11. The van der Waals surface area contributed by atoms with Crippen LogP contribution >= 0.6 is 11.6 Å². The van der Waals surface area contributed by atoms with E-state index in [2.05, 4.69) is 4.98 Å². The summed E-state index contributed by atoms with van der Waals surface area (Å²) >= 11 is 5.72. The number of hydrogen-bond donors (Lipinski definition) is 0. The fraction of sp³-hybridized carbons (Fsp3) is 0.500. The van der Waals surface area contributed by atoms with Crippen molar-refractivity contribution in [2.75, 3.05) is 7.05 Å². The molecule has 92 valence electrons. The molecule has 0 N–H and O–H groups in total. The lowest BCUT2D eigenvalue weighted by Gasteiger charge is -2.20. The Kier molecular flexibility index (Phi) is 3.64. The van der Waals surface area contributed by atoms with Crippen molar-refractivity contribution in [2.45, 2.75) is 32.0 Å². The highest BCUT2D eigenvalue weighted by molar-refractivity contribution is 6.29. The number of esters is 1. The normalized spacial score (nSPS) is 24.1. The first-order valence-electron chi connectivity index (χ1n) is 5.57. The second kappa shape index (κ2) is 5.02. The molecule has 0 radical (unpaired) electrons. The zero-order chi connectivity index (χ0) is 12.4. The summed E-state index contributed by atoms with van der Waals surface area (Å²) in [5.74, 6) is -0.137. The lowest BCUT2D eigenvalue weighted by atomic mass is 10.1. The highest BCUT2D eigenvalue weighted by atomic mass is 35.5. The molecule has 1 aromatic rings. The number of rotatable bonds is 3. The zero-order valence-electron chi connectivity index (χ0n) is 9.89. The molecule has 0 aromatic carbocycles. The molecular weight excluding hydrogens is 240 g/mol. The lowest BCUT2D eigenvalue weighted by Crippen LogP contribution is -2.34. The van der Waals surface area contributed by atoms with E-state index in [4.69, 9.17) is 16.3 Å². The van der Waals surface area contributed by atoms with Crippen LogP contribution in [0.15, 0.2) is 18.3 Å². The standard InChI is InChI=1S/C12H15ClN2O2/c1-8-5-10(12(16)17-8)15(2)7-9-3-4-11(13)14-6-9/h3-4,6,8,10H,5,7H2,1-2H3/t8-,10-/m1/s1.